The van der Waals surface area contributed by atoms with Gasteiger partial charge in [-0.15, -0.1) is 0 Å². The highest BCUT2D eigenvalue weighted by Crippen LogP contribution is 2.45. The third-order valence-corrected chi connectivity index (χ3v) is 4.53. The fourth-order valence-electron chi connectivity index (χ4n) is 2.94. The number of hydrogen-bond acceptors (Lipinski definition) is 4. The van der Waals surface area contributed by atoms with Crippen molar-refractivity contribution in [3.8, 4) is 17.6 Å². The van der Waals surface area contributed by atoms with Crippen LogP contribution in [0.4, 0.5) is 8.78 Å². The Labute approximate surface area is 167 Å². The van der Waals surface area contributed by atoms with Crippen LogP contribution in [0.25, 0.3) is 0 Å². The van der Waals surface area contributed by atoms with Crippen molar-refractivity contribution >= 4 is 11.6 Å². The third-order valence-electron chi connectivity index (χ3n) is 4.53. The van der Waals surface area contributed by atoms with Crippen LogP contribution >= 0.6 is 0 Å². The van der Waals surface area contributed by atoms with Gasteiger partial charge in [-0.2, -0.15) is 8.78 Å². The first-order valence-electron chi connectivity index (χ1n) is 9.37. The molecular formula is C23H20F2O4. The topological polar surface area (TPSA) is 63.6 Å². The molecule has 1 N–H and O–H groups in total. The average Bonchev–Trinajstić information content (AvgIpc) is 3.55. The number of unbranched alkanes of at least 4 members (excludes halogenated alkanes) is 1. The Bertz CT molecular complexity index is 968. The first-order valence-corrected chi connectivity index (χ1v) is 9.37. The highest BCUT2D eigenvalue weighted by atomic mass is 19.3. The van der Waals surface area contributed by atoms with E-state index in [4.69, 9.17) is 5.11 Å². The third kappa shape index (κ3) is 5.49. The minimum atomic E-state index is -2.95. The number of carbonyl (C=O) groups is 2. The van der Waals surface area contributed by atoms with Crippen LogP contribution < -0.4 is 4.74 Å². The van der Waals surface area contributed by atoms with E-state index >= 15 is 0 Å². The lowest BCUT2D eigenvalue weighted by atomic mass is 9.97. The van der Waals surface area contributed by atoms with E-state index in [0.717, 1.165) is 12.8 Å². The molecule has 2 aromatic carbocycles. The molecule has 0 unspecified atom stereocenters. The zero-order valence-corrected chi connectivity index (χ0v) is 15.7. The first-order chi connectivity index (χ1) is 14.0. The van der Waals surface area contributed by atoms with Crippen LogP contribution in [0.5, 0.6) is 5.75 Å². The molecule has 0 aliphatic heterocycles. The van der Waals surface area contributed by atoms with Gasteiger partial charge in [0.25, 0.3) is 0 Å². The summed E-state index contributed by atoms with van der Waals surface area (Å²) in [7, 11) is 0. The average molecular weight is 398 g/mol. The second kappa shape index (κ2) is 9.44. The monoisotopic (exact) mass is 398 g/mol. The van der Waals surface area contributed by atoms with Crippen molar-refractivity contribution in [3.05, 3.63) is 64.7 Å². The number of benzene rings is 2. The van der Waals surface area contributed by atoms with E-state index in [-0.39, 0.29) is 29.4 Å². The Morgan fingerprint density at radius 2 is 1.83 bits per heavy atom. The second-order valence-electron chi connectivity index (χ2n) is 6.77. The normalized spacial score (nSPS) is 13.0. The van der Waals surface area contributed by atoms with Gasteiger partial charge in [0.2, 0.25) is 11.6 Å². The molecule has 0 aromatic heterocycles. The largest absolute Gasteiger partial charge is 0.435 e. The maximum Gasteiger partial charge on any atom is 0.387 e. The fourth-order valence-corrected chi connectivity index (χ4v) is 2.94. The molecule has 0 saturated heterocycles. The molecule has 0 heterocycles. The smallest absolute Gasteiger partial charge is 0.387 e. The van der Waals surface area contributed by atoms with Crippen LogP contribution in [-0.4, -0.2) is 29.9 Å². The minimum absolute atomic E-state index is 0.0478. The van der Waals surface area contributed by atoms with Crippen LogP contribution in [0.1, 0.15) is 63.4 Å². The zero-order chi connectivity index (χ0) is 20.8. The van der Waals surface area contributed by atoms with Crippen molar-refractivity contribution in [2.24, 2.45) is 0 Å². The van der Waals surface area contributed by atoms with Gasteiger partial charge in [-0.3, -0.25) is 9.59 Å². The molecule has 0 atom stereocenters. The Morgan fingerprint density at radius 3 is 2.48 bits per heavy atom. The minimum Gasteiger partial charge on any atom is -0.435 e. The number of Topliss-reactive ketones (excluding diaryl/α,β-unsaturated/α-hetero) is 2. The quantitative estimate of drug-likeness (QED) is 0.311. The van der Waals surface area contributed by atoms with Crippen molar-refractivity contribution in [3.63, 3.8) is 0 Å². The molecule has 150 valence electrons. The molecule has 29 heavy (non-hydrogen) atoms. The molecule has 1 aliphatic rings. The molecule has 0 radical (unpaired) electrons. The van der Waals surface area contributed by atoms with Crippen LogP contribution in [-0.2, 0) is 0 Å². The lowest BCUT2D eigenvalue weighted by Gasteiger charge is -2.11. The highest BCUT2D eigenvalue weighted by Gasteiger charge is 2.29. The van der Waals surface area contributed by atoms with Crippen LogP contribution in [0.3, 0.4) is 0 Å². The van der Waals surface area contributed by atoms with E-state index < -0.39 is 18.2 Å². The van der Waals surface area contributed by atoms with Crippen molar-refractivity contribution < 1.29 is 28.2 Å². The summed E-state index contributed by atoms with van der Waals surface area (Å²) < 4.78 is 29.7. The maximum absolute atomic E-state index is 12.7. The summed E-state index contributed by atoms with van der Waals surface area (Å²) in [5.74, 6) is 4.52. The van der Waals surface area contributed by atoms with Gasteiger partial charge in [0.1, 0.15) is 5.75 Å². The summed E-state index contributed by atoms with van der Waals surface area (Å²) >= 11 is 0. The Kier molecular flexibility index (Phi) is 6.73. The SMILES string of the molecule is O=C(C(=O)c1ccc(OC(F)F)c(C2CC2)c1)c1cccc(C#CCCCO)c1. The van der Waals surface area contributed by atoms with Gasteiger partial charge >= 0.3 is 6.61 Å². The molecular weight excluding hydrogens is 378 g/mol. The van der Waals surface area contributed by atoms with E-state index in [1.54, 1.807) is 18.2 Å². The predicted molar refractivity (Wildman–Crippen MR) is 103 cm³/mol. The molecule has 2 aromatic rings. The number of rotatable bonds is 8. The van der Waals surface area contributed by atoms with Gasteiger partial charge in [-0.05, 0) is 61.1 Å². The molecule has 0 spiro atoms. The summed E-state index contributed by atoms with van der Waals surface area (Å²) in [5, 5.41) is 8.77. The number of hydrogen-bond donors (Lipinski definition) is 1. The van der Waals surface area contributed by atoms with Crippen molar-refractivity contribution in [1.82, 2.24) is 0 Å². The zero-order valence-electron chi connectivity index (χ0n) is 15.7. The van der Waals surface area contributed by atoms with Gasteiger partial charge in [-0.1, -0.05) is 24.0 Å². The fraction of sp³-hybridized carbons (Fsp3) is 0.304. The first kappa shape index (κ1) is 20.7. The summed E-state index contributed by atoms with van der Waals surface area (Å²) in [6.07, 6.45) is 2.77. The van der Waals surface area contributed by atoms with E-state index in [1.807, 2.05) is 0 Å². The number of ketones is 2. The number of ether oxygens (including phenoxy) is 1. The molecule has 1 fully saturated rings. The molecule has 0 bridgehead atoms. The van der Waals surface area contributed by atoms with Crippen LogP contribution in [0.2, 0.25) is 0 Å². The van der Waals surface area contributed by atoms with Crippen LogP contribution in [0, 0.1) is 11.8 Å². The van der Waals surface area contributed by atoms with Crippen LogP contribution in [0.15, 0.2) is 42.5 Å². The summed E-state index contributed by atoms with van der Waals surface area (Å²) in [4.78, 5) is 25.3. The van der Waals surface area contributed by atoms with Crippen molar-refractivity contribution in [2.45, 2.75) is 38.2 Å². The van der Waals surface area contributed by atoms with Crippen molar-refractivity contribution in [1.29, 1.82) is 0 Å². The predicted octanol–water partition coefficient (Wildman–Crippen LogP) is 4.36. The van der Waals surface area contributed by atoms with E-state index in [2.05, 4.69) is 16.6 Å². The van der Waals surface area contributed by atoms with Gasteiger partial charge < -0.3 is 9.84 Å². The summed E-state index contributed by atoms with van der Waals surface area (Å²) in [5.41, 5.74) is 1.50. The lowest BCUT2D eigenvalue weighted by molar-refractivity contribution is -0.0504. The van der Waals surface area contributed by atoms with Crippen molar-refractivity contribution in [2.75, 3.05) is 6.61 Å². The van der Waals surface area contributed by atoms with Gasteiger partial charge in [0, 0.05) is 29.7 Å². The van der Waals surface area contributed by atoms with Gasteiger partial charge in [-0.25, -0.2) is 0 Å². The standard InChI is InChI=1S/C23H20F2O4/c24-23(25)29-20-11-10-18(14-19(20)16-8-9-16)22(28)21(27)17-7-4-6-15(13-17)5-2-1-3-12-26/h4,6-7,10-11,13-14,16,23,26H,1,3,8-9,12H2. The Morgan fingerprint density at radius 1 is 1.10 bits per heavy atom. The lowest BCUT2D eigenvalue weighted by Crippen LogP contribution is -2.15. The number of carbonyl (C=O) groups excluding carboxylic acids is 2. The summed E-state index contributed by atoms with van der Waals surface area (Å²) in [6, 6.07) is 10.6. The van der Waals surface area contributed by atoms with E-state index in [0.29, 0.717) is 24.0 Å². The van der Waals surface area contributed by atoms with E-state index in [9.17, 15) is 18.4 Å². The summed E-state index contributed by atoms with van der Waals surface area (Å²) in [6.45, 7) is -2.89. The molecule has 4 nitrogen and oxygen atoms in total. The number of halogens is 2. The number of aliphatic hydroxyl groups is 1. The molecule has 6 heteroatoms. The highest BCUT2D eigenvalue weighted by molar-refractivity contribution is 6.49. The molecule has 3 rings (SSSR count). The molecule has 1 saturated carbocycles. The van der Waals surface area contributed by atoms with Gasteiger partial charge in [0.15, 0.2) is 0 Å². The molecule has 0 amide bonds. The Hall–Kier alpha value is -3.04. The molecule has 1 aliphatic carbocycles. The second-order valence-corrected chi connectivity index (χ2v) is 6.77. The number of aliphatic hydroxyl groups excluding tert-OH is 1. The maximum atomic E-state index is 12.7. The van der Waals surface area contributed by atoms with E-state index in [1.165, 1.54) is 24.3 Å². The Balaban J connectivity index is 1.80. The van der Waals surface area contributed by atoms with Gasteiger partial charge in [0.05, 0.1) is 0 Å². The number of alkyl halides is 2.